The summed E-state index contributed by atoms with van der Waals surface area (Å²) in [6.45, 7) is 2.25. The molecule has 1 heterocycles. The first-order valence-electron chi connectivity index (χ1n) is 14.1. The number of rotatable bonds is 22. The number of aliphatic hydroxyl groups excluding tert-OH is 5. The standard InChI is InChI=1S/C28H52O7/c1-2-3-4-5-6-7-8-9-10-11-12-13-14-15-22(29)18-23(30)19-24(31)20-25(32)21-27-26(33)16-17-28(34)35-27/h16-17,22-27,29-33H,2-15,18-21H2,1H3. The first-order valence-corrected chi connectivity index (χ1v) is 14.1. The molecule has 1 rings (SSSR count). The van der Waals surface area contributed by atoms with E-state index < -0.39 is 42.6 Å². The third-order valence-electron chi connectivity index (χ3n) is 6.86. The number of hydrogen-bond acceptors (Lipinski definition) is 7. The van der Waals surface area contributed by atoms with E-state index >= 15 is 0 Å². The molecule has 0 fully saturated rings. The summed E-state index contributed by atoms with van der Waals surface area (Å²) in [7, 11) is 0. The van der Waals surface area contributed by atoms with Crippen LogP contribution in [0.4, 0.5) is 0 Å². The first-order chi connectivity index (χ1) is 16.8. The van der Waals surface area contributed by atoms with E-state index in [9.17, 15) is 30.3 Å². The Labute approximate surface area is 212 Å². The third-order valence-corrected chi connectivity index (χ3v) is 6.86. The highest BCUT2D eigenvalue weighted by Crippen LogP contribution is 2.19. The lowest BCUT2D eigenvalue weighted by Crippen LogP contribution is -2.37. The maximum absolute atomic E-state index is 11.3. The average molecular weight is 501 g/mol. The fourth-order valence-electron chi connectivity index (χ4n) is 4.76. The fourth-order valence-corrected chi connectivity index (χ4v) is 4.76. The van der Waals surface area contributed by atoms with E-state index in [0.717, 1.165) is 18.9 Å². The SMILES string of the molecule is CCCCCCCCCCCCCCCC(O)CC(O)CC(O)CC(O)CC1OC(=O)C=CC1O. The molecule has 1 aliphatic heterocycles. The van der Waals surface area contributed by atoms with Gasteiger partial charge in [-0.3, -0.25) is 0 Å². The van der Waals surface area contributed by atoms with Gasteiger partial charge in [-0.05, 0) is 31.8 Å². The molecular formula is C28H52O7. The molecule has 0 saturated carbocycles. The highest BCUT2D eigenvalue weighted by atomic mass is 16.6. The maximum atomic E-state index is 11.3. The Morgan fingerprint density at radius 3 is 1.71 bits per heavy atom. The summed E-state index contributed by atoms with van der Waals surface area (Å²) in [5.74, 6) is -0.569. The molecule has 1 aliphatic rings. The molecule has 0 bridgehead atoms. The zero-order valence-corrected chi connectivity index (χ0v) is 21.9. The molecule has 0 spiro atoms. The van der Waals surface area contributed by atoms with E-state index in [1.54, 1.807) is 0 Å². The number of unbranched alkanes of at least 4 members (excludes halogenated alkanes) is 12. The fraction of sp³-hybridized carbons (Fsp3) is 0.893. The number of aliphatic hydroxyl groups is 5. The van der Waals surface area contributed by atoms with Gasteiger partial charge in [0.2, 0.25) is 0 Å². The van der Waals surface area contributed by atoms with Crippen molar-refractivity contribution in [2.75, 3.05) is 0 Å². The van der Waals surface area contributed by atoms with E-state index in [2.05, 4.69) is 6.92 Å². The molecule has 0 saturated heterocycles. The van der Waals surface area contributed by atoms with Gasteiger partial charge in [0.15, 0.2) is 0 Å². The highest BCUT2D eigenvalue weighted by molar-refractivity contribution is 5.83. The van der Waals surface area contributed by atoms with E-state index in [1.807, 2.05) is 0 Å². The smallest absolute Gasteiger partial charge is 0.330 e. The summed E-state index contributed by atoms with van der Waals surface area (Å²) in [4.78, 5) is 11.3. The van der Waals surface area contributed by atoms with E-state index in [-0.39, 0.29) is 25.7 Å². The summed E-state index contributed by atoms with van der Waals surface area (Å²) < 4.78 is 4.98. The molecule has 0 radical (unpaired) electrons. The normalized spacial score (nSPS) is 21.5. The van der Waals surface area contributed by atoms with Crippen molar-refractivity contribution in [3.05, 3.63) is 12.2 Å². The lowest BCUT2D eigenvalue weighted by Gasteiger charge is -2.27. The van der Waals surface area contributed by atoms with E-state index in [0.29, 0.717) is 6.42 Å². The van der Waals surface area contributed by atoms with Crippen LogP contribution in [-0.4, -0.2) is 68.1 Å². The molecule has 0 aliphatic carbocycles. The number of esters is 1. The van der Waals surface area contributed by atoms with Crippen LogP contribution in [0.2, 0.25) is 0 Å². The first kappa shape index (κ1) is 32.0. The van der Waals surface area contributed by atoms with Gasteiger partial charge in [0.05, 0.1) is 24.4 Å². The van der Waals surface area contributed by atoms with Crippen LogP contribution in [0.3, 0.4) is 0 Å². The Morgan fingerprint density at radius 1 is 0.714 bits per heavy atom. The van der Waals surface area contributed by atoms with Gasteiger partial charge in [0, 0.05) is 12.5 Å². The zero-order chi connectivity index (χ0) is 25.9. The van der Waals surface area contributed by atoms with E-state index in [4.69, 9.17) is 4.74 Å². The molecule has 35 heavy (non-hydrogen) atoms. The summed E-state index contributed by atoms with van der Waals surface area (Å²) in [5.41, 5.74) is 0. The van der Waals surface area contributed by atoms with Crippen molar-refractivity contribution >= 4 is 5.97 Å². The highest BCUT2D eigenvalue weighted by Gasteiger charge is 2.28. The van der Waals surface area contributed by atoms with Crippen molar-refractivity contribution in [3.63, 3.8) is 0 Å². The Hall–Kier alpha value is -0.990. The lowest BCUT2D eigenvalue weighted by atomic mass is 9.96. The molecule has 6 atom stereocenters. The number of carbonyl (C=O) groups is 1. The molecule has 206 valence electrons. The zero-order valence-electron chi connectivity index (χ0n) is 21.9. The maximum Gasteiger partial charge on any atom is 0.330 e. The average Bonchev–Trinajstić information content (AvgIpc) is 2.79. The predicted molar refractivity (Wildman–Crippen MR) is 138 cm³/mol. The van der Waals surface area contributed by atoms with Gasteiger partial charge in [-0.1, -0.05) is 90.4 Å². The van der Waals surface area contributed by atoms with Crippen LogP contribution in [0.25, 0.3) is 0 Å². The Bertz CT molecular complexity index is 553. The number of carbonyl (C=O) groups excluding carboxylic acids is 1. The number of ether oxygens (including phenoxy) is 1. The molecule has 7 heteroatoms. The van der Waals surface area contributed by atoms with Crippen LogP contribution in [-0.2, 0) is 9.53 Å². The molecule has 0 aromatic rings. The molecule has 0 amide bonds. The Morgan fingerprint density at radius 2 is 1.17 bits per heavy atom. The lowest BCUT2D eigenvalue weighted by molar-refractivity contribution is -0.151. The Kier molecular flexibility index (Phi) is 18.4. The molecule has 0 aromatic carbocycles. The largest absolute Gasteiger partial charge is 0.456 e. The van der Waals surface area contributed by atoms with Gasteiger partial charge in [0.1, 0.15) is 12.2 Å². The van der Waals surface area contributed by atoms with Crippen LogP contribution in [0.1, 0.15) is 122 Å². The predicted octanol–water partition coefficient (Wildman–Crippen LogP) is 4.31. The van der Waals surface area contributed by atoms with Gasteiger partial charge >= 0.3 is 5.97 Å². The van der Waals surface area contributed by atoms with Gasteiger partial charge in [0.25, 0.3) is 0 Å². The summed E-state index contributed by atoms with van der Waals surface area (Å²) in [6, 6.07) is 0. The van der Waals surface area contributed by atoms with Crippen molar-refractivity contribution in [2.24, 2.45) is 0 Å². The van der Waals surface area contributed by atoms with Gasteiger partial charge in [-0.25, -0.2) is 4.79 Å². The summed E-state index contributed by atoms with van der Waals surface area (Å²) in [6.07, 6.45) is 14.8. The Balaban J connectivity index is 2.00. The second-order valence-corrected chi connectivity index (χ2v) is 10.4. The number of hydrogen-bond donors (Lipinski definition) is 5. The van der Waals surface area contributed by atoms with Crippen molar-refractivity contribution in [1.82, 2.24) is 0 Å². The minimum absolute atomic E-state index is 0.00348. The van der Waals surface area contributed by atoms with Crippen molar-refractivity contribution < 1.29 is 35.1 Å². The summed E-state index contributed by atoms with van der Waals surface area (Å²) in [5, 5.41) is 50.5. The van der Waals surface area contributed by atoms with Crippen LogP contribution in [0.15, 0.2) is 12.2 Å². The van der Waals surface area contributed by atoms with Crippen LogP contribution < -0.4 is 0 Å². The van der Waals surface area contributed by atoms with Crippen molar-refractivity contribution in [3.8, 4) is 0 Å². The van der Waals surface area contributed by atoms with Gasteiger partial charge < -0.3 is 30.3 Å². The van der Waals surface area contributed by atoms with E-state index in [1.165, 1.54) is 76.7 Å². The molecule has 0 aromatic heterocycles. The van der Waals surface area contributed by atoms with Crippen LogP contribution in [0, 0.1) is 0 Å². The second-order valence-electron chi connectivity index (χ2n) is 10.4. The monoisotopic (exact) mass is 500 g/mol. The topological polar surface area (TPSA) is 127 Å². The minimum Gasteiger partial charge on any atom is -0.456 e. The number of cyclic esters (lactones) is 1. The van der Waals surface area contributed by atoms with Gasteiger partial charge in [-0.2, -0.15) is 0 Å². The molecule has 5 N–H and O–H groups in total. The second kappa shape index (κ2) is 20.1. The van der Waals surface area contributed by atoms with Crippen LogP contribution >= 0.6 is 0 Å². The molecular weight excluding hydrogens is 448 g/mol. The molecule has 6 unspecified atom stereocenters. The third kappa shape index (κ3) is 17.2. The van der Waals surface area contributed by atoms with Crippen molar-refractivity contribution in [1.29, 1.82) is 0 Å². The molecule has 7 nitrogen and oxygen atoms in total. The minimum atomic E-state index is -0.981. The summed E-state index contributed by atoms with van der Waals surface area (Å²) >= 11 is 0. The van der Waals surface area contributed by atoms with Crippen molar-refractivity contribution in [2.45, 2.75) is 159 Å². The quantitative estimate of drug-likeness (QED) is 0.111. The van der Waals surface area contributed by atoms with Gasteiger partial charge in [-0.15, -0.1) is 0 Å². The van der Waals surface area contributed by atoms with Crippen LogP contribution in [0.5, 0.6) is 0 Å².